The highest BCUT2D eigenvalue weighted by Crippen LogP contribution is 2.17. The van der Waals surface area contributed by atoms with Crippen LogP contribution in [0.3, 0.4) is 0 Å². The van der Waals surface area contributed by atoms with Crippen LogP contribution >= 0.6 is 0 Å². The topological polar surface area (TPSA) is 50.9 Å². The molecule has 2 aromatic rings. The molecule has 2 rings (SSSR count). The summed E-state index contributed by atoms with van der Waals surface area (Å²) in [6, 6.07) is 5.98. The number of hydrogen-bond acceptors (Lipinski definition) is 3. The van der Waals surface area contributed by atoms with Crippen molar-refractivity contribution in [2.75, 3.05) is 0 Å². The second-order valence-electron chi connectivity index (χ2n) is 3.16. The van der Waals surface area contributed by atoms with E-state index in [2.05, 4.69) is 10.2 Å². The van der Waals surface area contributed by atoms with Crippen molar-refractivity contribution in [3.05, 3.63) is 35.9 Å². The molecule has 0 fully saturated rings. The number of hydrogen-bond donors (Lipinski definition) is 1. The van der Waals surface area contributed by atoms with E-state index >= 15 is 0 Å². The summed E-state index contributed by atoms with van der Waals surface area (Å²) < 4.78 is 14.4. The number of benzene rings is 1. The molecule has 1 N–H and O–H groups in total. The van der Waals surface area contributed by atoms with Gasteiger partial charge in [-0.25, -0.2) is 4.39 Å². The maximum absolute atomic E-state index is 12.7. The van der Waals surface area contributed by atoms with E-state index in [4.69, 9.17) is 5.11 Å². The molecule has 78 valence electrons. The number of aliphatic hydroxyl groups is 1. The summed E-state index contributed by atoms with van der Waals surface area (Å²) in [5.74, 6) is 0.802. The van der Waals surface area contributed by atoms with Gasteiger partial charge < -0.3 is 9.67 Å². The Morgan fingerprint density at radius 1 is 1.27 bits per heavy atom. The maximum atomic E-state index is 12.7. The van der Waals surface area contributed by atoms with Crippen molar-refractivity contribution in [2.24, 2.45) is 7.05 Å². The molecule has 0 radical (unpaired) electrons. The van der Waals surface area contributed by atoms with Crippen molar-refractivity contribution in [1.29, 1.82) is 0 Å². The van der Waals surface area contributed by atoms with Gasteiger partial charge in [0.15, 0.2) is 11.6 Å². The lowest BCUT2D eigenvalue weighted by molar-refractivity contribution is 0.267. The van der Waals surface area contributed by atoms with Crippen LogP contribution in [-0.2, 0) is 13.7 Å². The Morgan fingerprint density at radius 2 is 1.93 bits per heavy atom. The summed E-state index contributed by atoms with van der Waals surface area (Å²) in [4.78, 5) is 0. The third-order valence-electron chi connectivity index (χ3n) is 2.21. The molecule has 1 heterocycles. The van der Waals surface area contributed by atoms with Crippen molar-refractivity contribution < 1.29 is 9.50 Å². The van der Waals surface area contributed by atoms with Crippen molar-refractivity contribution in [3.8, 4) is 11.4 Å². The van der Waals surface area contributed by atoms with Gasteiger partial charge in [0.2, 0.25) is 0 Å². The first kappa shape index (κ1) is 9.79. The molecule has 0 bridgehead atoms. The summed E-state index contributed by atoms with van der Waals surface area (Å²) >= 11 is 0. The molecule has 0 aliphatic heterocycles. The van der Waals surface area contributed by atoms with E-state index in [9.17, 15) is 4.39 Å². The number of aromatic nitrogens is 3. The van der Waals surface area contributed by atoms with Gasteiger partial charge in [-0.05, 0) is 24.3 Å². The van der Waals surface area contributed by atoms with E-state index < -0.39 is 0 Å². The number of aliphatic hydroxyl groups excluding tert-OH is 1. The van der Waals surface area contributed by atoms with Crippen LogP contribution in [0.1, 0.15) is 5.82 Å². The fourth-order valence-electron chi connectivity index (χ4n) is 1.35. The Morgan fingerprint density at radius 3 is 2.47 bits per heavy atom. The molecule has 0 aliphatic carbocycles. The van der Waals surface area contributed by atoms with Crippen LogP contribution in [0, 0.1) is 5.82 Å². The fourth-order valence-corrected chi connectivity index (χ4v) is 1.35. The van der Waals surface area contributed by atoms with Crippen LogP contribution in [0.5, 0.6) is 0 Å². The molecule has 0 unspecified atom stereocenters. The highest BCUT2D eigenvalue weighted by molar-refractivity contribution is 5.54. The largest absolute Gasteiger partial charge is 0.388 e. The fraction of sp³-hybridized carbons (Fsp3) is 0.200. The molecule has 1 aromatic heterocycles. The zero-order chi connectivity index (χ0) is 10.8. The van der Waals surface area contributed by atoms with Gasteiger partial charge in [-0.15, -0.1) is 10.2 Å². The van der Waals surface area contributed by atoms with Gasteiger partial charge in [-0.2, -0.15) is 0 Å². The predicted molar refractivity (Wildman–Crippen MR) is 52.3 cm³/mol. The first-order valence-electron chi connectivity index (χ1n) is 4.47. The van der Waals surface area contributed by atoms with Crippen LogP contribution in [-0.4, -0.2) is 19.9 Å². The molecule has 15 heavy (non-hydrogen) atoms. The van der Waals surface area contributed by atoms with Crippen molar-refractivity contribution >= 4 is 0 Å². The Bertz CT molecular complexity index is 464. The molecule has 0 saturated heterocycles. The minimum Gasteiger partial charge on any atom is -0.388 e. The molecule has 0 aliphatic rings. The minimum atomic E-state index is -0.289. The van der Waals surface area contributed by atoms with Crippen molar-refractivity contribution in [3.63, 3.8) is 0 Å². The number of halogens is 1. The standard InChI is InChI=1S/C10H10FN3O/c1-14-9(6-15)12-13-10(14)7-2-4-8(11)5-3-7/h2-5,15H,6H2,1H3. The molecular weight excluding hydrogens is 197 g/mol. The molecule has 0 saturated carbocycles. The zero-order valence-corrected chi connectivity index (χ0v) is 8.18. The lowest BCUT2D eigenvalue weighted by Gasteiger charge is -2.01. The van der Waals surface area contributed by atoms with Crippen LogP contribution in [0.15, 0.2) is 24.3 Å². The summed E-state index contributed by atoms with van der Waals surface area (Å²) in [7, 11) is 1.75. The lowest BCUT2D eigenvalue weighted by atomic mass is 10.2. The van der Waals surface area contributed by atoms with Crippen LogP contribution in [0.2, 0.25) is 0 Å². The second kappa shape index (κ2) is 3.78. The molecule has 5 heteroatoms. The van der Waals surface area contributed by atoms with Gasteiger partial charge in [0.25, 0.3) is 0 Å². The average Bonchev–Trinajstić information content (AvgIpc) is 2.61. The van der Waals surface area contributed by atoms with E-state index in [1.165, 1.54) is 12.1 Å². The first-order valence-corrected chi connectivity index (χ1v) is 4.47. The summed E-state index contributed by atoms with van der Waals surface area (Å²) in [5.41, 5.74) is 0.770. The molecule has 4 nitrogen and oxygen atoms in total. The maximum Gasteiger partial charge on any atom is 0.163 e. The monoisotopic (exact) mass is 207 g/mol. The average molecular weight is 207 g/mol. The third-order valence-corrected chi connectivity index (χ3v) is 2.21. The SMILES string of the molecule is Cn1c(CO)nnc1-c1ccc(F)cc1. The molecule has 0 atom stereocenters. The Hall–Kier alpha value is -1.75. The third kappa shape index (κ3) is 1.73. The van der Waals surface area contributed by atoms with Gasteiger partial charge in [0.1, 0.15) is 12.4 Å². The Labute approximate surface area is 86.0 Å². The van der Waals surface area contributed by atoms with Crippen molar-refractivity contribution in [2.45, 2.75) is 6.61 Å². The van der Waals surface area contributed by atoms with Gasteiger partial charge >= 0.3 is 0 Å². The highest BCUT2D eigenvalue weighted by atomic mass is 19.1. The first-order chi connectivity index (χ1) is 7.22. The molecule has 1 aromatic carbocycles. The quantitative estimate of drug-likeness (QED) is 0.802. The van der Waals surface area contributed by atoms with E-state index in [0.29, 0.717) is 11.6 Å². The Balaban J connectivity index is 2.45. The van der Waals surface area contributed by atoms with E-state index in [1.54, 1.807) is 23.7 Å². The summed E-state index contributed by atoms with van der Waals surface area (Å²) in [6.07, 6.45) is 0. The zero-order valence-electron chi connectivity index (χ0n) is 8.18. The second-order valence-corrected chi connectivity index (χ2v) is 3.16. The predicted octanol–water partition coefficient (Wildman–Crippen LogP) is 1.11. The summed E-state index contributed by atoms with van der Waals surface area (Å²) in [6.45, 7) is -0.162. The van der Waals surface area contributed by atoms with E-state index in [0.717, 1.165) is 5.56 Å². The smallest absolute Gasteiger partial charge is 0.163 e. The summed E-state index contributed by atoms with van der Waals surface area (Å²) in [5, 5.41) is 16.7. The highest BCUT2D eigenvalue weighted by Gasteiger charge is 2.09. The van der Waals surface area contributed by atoms with Crippen LogP contribution in [0.4, 0.5) is 4.39 Å². The van der Waals surface area contributed by atoms with Gasteiger partial charge in [0.05, 0.1) is 0 Å². The minimum absolute atomic E-state index is 0.162. The normalized spacial score (nSPS) is 10.6. The number of rotatable bonds is 2. The molecular formula is C10H10FN3O. The van der Waals surface area contributed by atoms with Gasteiger partial charge in [-0.3, -0.25) is 0 Å². The molecule has 0 amide bonds. The van der Waals surface area contributed by atoms with E-state index in [-0.39, 0.29) is 12.4 Å². The molecule has 0 spiro atoms. The lowest BCUT2D eigenvalue weighted by Crippen LogP contribution is -1.99. The van der Waals surface area contributed by atoms with Crippen molar-refractivity contribution in [1.82, 2.24) is 14.8 Å². The van der Waals surface area contributed by atoms with Gasteiger partial charge in [-0.1, -0.05) is 0 Å². The van der Waals surface area contributed by atoms with Crippen LogP contribution < -0.4 is 0 Å². The van der Waals surface area contributed by atoms with Gasteiger partial charge in [0, 0.05) is 12.6 Å². The van der Waals surface area contributed by atoms with E-state index in [1.807, 2.05) is 0 Å². The number of nitrogens with zero attached hydrogens (tertiary/aromatic N) is 3. The van der Waals surface area contributed by atoms with Crippen LogP contribution in [0.25, 0.3) is 11.4 Å². The Kier molecular flexibility index (Phi) is 2.47.